The van der Waals surface area contributed by atoms with Gasteiger partial charge in [-0.3, -0.25) is 43.2 Å². The van der Waals surface area contributed by atoms with Crippen molar-refractivity contribution in [3.05, 3.63) is 35.9 Å². The van der Waals surface area contributed by atoms with E-state index in [1.54, 1.807) is 85.7 Å². The molecule has 0 aromatic heterocycles. The van der Waals surface area contributed by atoms with Gasteiger partial charge in [-0.05, 0) is 97.5 Å². The molecule has 81 heavy (non-hydrogen) atoms. The zero-order valence-electron chi connectivity index (χ0n) is 48.9. The molecule has 1 aliphatic heterocycles. The molecule has 0 saturated carbocycles. The largest absolute Gasteiger partial charge is 0.444 e. The first kappa shape index (κ1) is 70.0. The second-order valence-corrected chi connectivity index (χ2v) is 23.6. The minimum atomic E-state index is -1.75. The molecule has 0 radical (unpaired) electrons. The maximum absolute atomic E-state index is 14.7. The molecule has 1 aromatic carbocycles. The van der Waals surface area contributed by atoms with Crippen LogP contribution in [0.15, 0.2) is 30.3 Å². The van der Waals surface area contributed by atoms with E-state index < -0.39 is 150 Å². The number of nitrogens with two attached hydrogens (primary N) is 1. The van der Waals surface area contributed by atoms with Crippen LogP contribution in [0.2, 0.25) is 0 Å². The molecule has 1 fully saturated rings. The van der Waals surface area contributed by atoms with Crippen molar-refractivity contribution in [2.45, 2.75) is 194 Å². The summed E-state index contributed by atoms with van der Waals surface area (Å²) in [4.78, 5) is 152. The van der Waals surface area contributed by atoms with Gasteiger partial charge in [0.2, 0.25) is 53.2 Å². The molecule has 1 aromatic rings. The third-order valence-electron chi connectivity index (χ3n) is 11.8. The molecule has 2 rings (SSSR count). The molecule has 0 unspecified atom stereocenters. The van der Waals surface area contributed by atoms with Crippen LogP contribution in [0, 0.1) is 11.3 Å². The fraction of sp³-hybridized carbons (Fsp3) is 0.685. The summed E-state index contributed by atoms with van der Waals surface area (Å²) >= 11 is 0. The summed E-state index contributed by atoms with van der Waals surface area (Å²) in [5.41, 5.74) is 4.11. The highest BCUT2D eigenvalue weighted by Gasteiger charge is 2.36. The molecule has 9 atom stereocenters. The van der Waals surface area contributed by atoms with Crippen LogP contribution in [0.25, 0.3) is 0 Å². The smallest absolute Gasteiger partial charge is 0.407 e. The number of amides is 11. The van der Waals surface area contributed by atoms with Crippen molar-refractivity contribution in [1.82, 2.24) is 58.5 Å². The number of rotatable bonds is 18. The predicted octanol–water partition coefficient (Wildman–Crippen LogP) is -1.34. The average Bonchev–Trinajstić information content (AvgIpc) is 3.36. The molecule has 456 valence electrons. The third-order valence-corrected chi connectivity index (χ3v) is 11.8. The normalized spacial score (nSPS) is 22.4. The predicted molar refractivity (Wildman–Crippen MR) is 297 cm³/mol. The summed E-state index contributed by atoms with van der Waals surface area (Å²) in [7, 11) is 0. The number of carbonyl (C=O) groups is 11. The van der Waals surface area contributed by atoms with Gasteiger partial charge in [0.05, 0.1) is 12.7 Å². The molecule has 1 heterocycles. The molecular weight excluding hydrogens is 1060 g/mol. The Bertz CT molecular complexity index is 2300. The van der Waals surface area contributed by atoms with Gasteiger partial charge in [0.15, 0.2) is 0 Å². The van der Waals surface area contributed by atoms with Gasteiger partial charge < -0.3 is 83.9 Å². The number of alkyl carbamates (subject to hydrolysis) is 2. The molecule has 1 aliphatic rings. The Morgan fingerprint density at radius 1 is 0.617 bits per heavy atom. The van der Waals surface area contributed by atoms with E-state index in [2.05, 4.69) is 58.5 Å². The summed E-state index contributed by atoms with van der Waals surface area (Å²) in [5.74, 6) is -8.43. The first-order chi connectivity index (χ1) is 37.6. The Hall–Kier alpha value is -7.13. The van der Waals surface area contributed by atoms with Crippen molar-refractivity contribution in [2.24, 2.45) is 17.1 Å². The second kappa shape index (κ2) is 33.0. The van der Waals surface area contributed by atoms with Crippen molar-refractivity contribution >= 4 is 65.4 Å². The zero-order valence-corrected chi connectivity index (χ0v) is 48.9. The van der Waals surface area contributed by atoms with Crippen molar-refractivity contribution in [3.63, 3.8) is 0 Å². The molecule has 27 heteroatoms. The number of nitrogens with one attached hydrogen (secondary N) is 11. The lowest BCUT2D eigenvalue weighted by molar-refractivity contribution is -0.136. The fourth-order valence-electron chi connectivity index (χ4n) is 7.83. The van der Waals surface area contributed by atoms with Crippen LogP contribution in [0.5, 0.6) is 0 Å². The Balaban J connectivity index is 2.89. The van der Waals surface area contributed by atoms with Crippen LogP contribution in [0.4, 0.5) is 9.59 Å². The van der Waals surface area contributed by atoms with Gasteiger partial charge >= 0.3 is 12.2 Å². The van der Waals surface area contributed by atoms with Gasteiger partial charge in [-0.25, -0.2) is 9.59 Å². The molecule has 0 aliphatic carbocycles. The maximum atomic E-state index is 14.7. The second-order valence-electron chi connectivity index (χ2n) is 23.6. The monoisotopic (exact) mass is 1150 g/mol. The summed E-state index contributed by atoms with van der Waals surface area (Å²) < 4.78 is 10.7. The van der Waals surface area contributed by atoms with E-state index >= 15 is 0 Å². The first-order valence-corrected chi connectivity index (χ1v) is 27.3. The van der Waals surface area contributed by atoms with E-state index in [1.165, 1.54) is 6.92 Å². The minimum Gasteiger partial charge on any atom is -0.444 e. The van der Waals surface area contributed by atoms with Crippen LogP contribution in [0.1, 0.15) is 127 Å². The van der Waals surface area contributed by atoms with Crippen molar-refractivity contribution in [1.29, 1.82) is 0 Å². The number of ether oxygens (including phenoxy) is 2. The number of aliphatic hydroxyl groups excluding tert-OH is 2. The zero-order chi connectivity index (χ0) is 61.4. The van der Waals surface area contributed by atoms with Gasteiger partial charge in [0.1, 0.15) is 59.5 Å². The molecule has 27 nitrogen and oxygen atoms in total. The van der Waals surface area contributed by atoms with Crippen molar-refractivity contribution in [3.8, 4) is 0 Å². The lowest BCUT2D eigenvalue weighted by Crippen LogP contribution is -2.61. The Labute approximate surface area is 474 Å². The van der Waals surface area contributed by atoms with E-state index in [4.69, 9.17) is 15.2 Å². The molecule has 0 spiro atoms. The lowest BCUT2D eigenvalue weighted by atomic mass is 9.92. The van der Waals surface area contributed by atoms with Gasteiger partial charge in [0, 0.05) is 39.0 Å². The number of aliphatic hydroxyl groups is 2. The SMILES string of the molecule is CC(C)C[C@@H]1NC(=O)[C@@H](Cc2ccccc2)NC(=O)[C@H](CCNC(=O)CC(C)(C)C)NC(=O)[C@@H](NC(=O)[C@H](N)CO)CCNC(=O)[C@H]([C@@H](C)O)NC(=O)[C@H](CCNC(=O)OC(C)(C)C)NC(=O)[C@H](CCNC(=O)OC(C)(C)C)NC1=O. The van der Waals surface area contributed by atoms with Crippen LogP contribution < -0.4 is 64.2 Å². The van der Waals surface area contributed by atoms with E-state index in [0.29, 0.717) is 5.56 Å². The minimum absolute atomic E-state index is 0.0295. The summed E-state index contributed by atoms with van der Waals surface area (Å²) in [6.45, 7) is 18.0. The summed E-state index contributed by atoms with van der Waals surface area (Å²) in [6, 6.07) is -3.95. The van der Waals surface area contributed by atoms with Crippen molar-refractivity contribution < 1.29 is 72.4 Å². The highest BCUT2D eigenvalue weighted by atomic mass is 16.6. The Morgan fingerprint density at radius 2 is 1.05 bits per heavy atom. The topological polar surface area (TPSA) is 405 Å². The molecule has 11 amide bonds. The summed E-state index contributed by atoms with van der Waals surface area (Å²) in [6.07, 6.45) is -4.80. The summed E-state index contributed by atoms with van der Waals surface area (Å²) in [5, 5.41) is 48.8. The average molecular weight is 1150 g/mol. The van der Waals surface area contributed by atoms with E-state index in [0.717, 1.165) is 0 Å². The van der Waals surface area contributed by atoms with E-state index in [1.807, 2.05) is 20.8 Å². The number of carbonyl (C=O) groups excluding carboxylic acids is 11. The van der Waals surface area contributed by atoms with Gasteiger partial charge in [-0.1, -0.05) is 65.0 Å². The third kappa shape index (κ3) is 28.2. The Kier molecular flexibility index (Phi) is 28.5. The molecule has 1 saturated heterocycles. The standard InChI is InChI=1S/C54H90N12O15/c1-30(2)26-38-47(75)63-36(20-24-58-50(78)80-53(7,8)9)44(72)62-37(21-25-59-51(79)81-54(10,11)12)46(74)66-41(31(3)68)49(77)57-23-19-34(60-42(70)33(55)29-67)43(71)61-35(18-22-56-40(69)28-52(4,5)6)45(73)65-39(48(76)64-38)27-32-16-14-13-15-17-32/h13-17,30-31,33-39,41,67-68H,18-29,55H2,1-12H3,(H,56,69)(H,57,77)(H,58,78)(H,59,79)(H,60,70)(H,61,71)(H,62,72)(H,63,75)(H,64,76)(H,65,73)(H,66,74)/t31-,33-,34+,35+,36+,37+,38+,39-,41+/m1/s1. The van der Waals surface area contributed by atoms with Crippen LogP contribution >= 0.6 is 0 Å². The maximum Gasteiger partial charge on any atom is 0.407 e. The van der Waals surface area contributed by atoms with E-state index in [9.17, 15) is 63.0 Å². The van der Waals surface area contributed by atoms with Crippen LogP contribution in [0.3, 0.4) is 0 Å². The number of benzene rings is 1. The quantitative estimate of drug-likeness (QED) is 0.0809. The van der Waals surface area contributed by atoms with Gasteiger partial charge in [-0.15, -0.1) is 0 Å². The van der Waals surface area contributed by atoms with E-state index in [-0.39, 0.29) is 70.0 Å². The fourth-order valence-corrected chi connectivity index (χ4v) is 7.83. The number of hydrogen-bond donors (Lipinski definition) is 14. The number of hydrogen-bond acceptors (Lipinski definition) is 16. The van der Waals surface area contributed by atoms with Crippen LogP contribution in [-0.2, 0) is 59.0 Å². The van der Waals surface area contributed by atoms with Crippen LogP contribution in [-0.4, -0.2) is 174 Å². The molecular formula is C54H90N12O15. The van der Waals surface area contributed by atoms with Gasteiger partial charge in [0.25, 0.3) is 0 Å². The molecule has 15 N–H and O–H groups in total. The highest BCUT2D eigenvalue weighted by Crippen LogP contribution is 2.18. The van der Waals surface area contributed by atoms with Gasteiger partial charge in [-0.2, -0.15) is 0 Å². The highest BCUT2D eigenvalue weighted by molar-refractivity contribution is 5.98. The van der Waals surface area contributed by atoms with Crippen molar-refractivity contribution in [2.75, 3.05) is 32.8 Å². The first-order valence-electron chi connectivity index (χ1n) is 27.3. The Morgan fingerprint density at radius 3 is 1.51 bits per heavy atom. The molecule has 0 bridgehead atoms. The lowest BCUT2D eigenvalue weighted by Gasteiger charge is -2.29.